The van der Waals surface area contributed by atoms with Gasteiger partial charge in [-0.05, 0) is 33.9 Å². The van der Waals surface area contributed by atoms with Crippen LogP contribution in [0.15, 0.2) is 12.3 Å². The molecule has 5 nitrogen and oxygen atoms in total. The van der Waals surface area contributed by atoms with Gasteiger partial charge in [-0.2, -0.15) is 10.2 Å². The Morgan fingerprint density at radius 3 is 2.72 bits per heavy atom. The van der Waals surface area contributed by atoms with Gasteiger partial charge >= 0.3 is 0 Å². The second-order valence-electron chi connectivity index (χ2n) is 4.56. The molecule has 5 heteroatoms. The molecule has 0 aliphatic carbocycles. The van der Waals surface area contributed by atoms with Crippen LogP contribution in [0.4, 0.5) is 0 Å². The molecule has 0 aliphatic rings. The van der Waals surface area contributed by atoms with E-state index in [2.05, 4.69) is 34.7 Å². The number of nitrogens with zero attached hydrogens (tertiary/aromatic N) is 4. The summed E-state index contributed by atoms with van der Waals surface area (Å²) in [5, 5.41) is 12.2. The topological polar surface area (TPSA) is 47.7 Å². The van der Waals surface area contributed by atoms with Gasteiger partial charge in [0.15, 0.2) is 0 Å². The first-order valence-electron chi connectivity index (χ1n) is 6.35. The monoisotopic (exact) mass is 247 g/mol. The van der Waals surface area contributed by atoms with Gasteiger partial charge in [0.2, 0.25) is 0 Å². The number of aryl methyl sites for hydroxylation is 3. The fourth-order valence-electron chi connectivity index (χ4n) is 2.17. The van der Waals surface area contributed by atoms with Crippen LogP contribution in [0.1, 0.15) is 29.6 Å². The highest BCUT2D eigenvalue weighted by atomic mass is 15.3. The molecule has 18 heavy (non-hydrogen) atoms. The molecule has 98 valence electrons. The molecule has 0 atom stereocenters. The Morgan fingerprint density at radius 1 is 1.28 bits per heavy atom. The Hall–Kier alpha value is -1.62. The largest absolute Gasteiger partial charge is 0.316 e. The molecule has 2 rings (SSSR count). The molecule has 0 amide bonds. The van der Waals surface area contributed by atoms with Crippen molar-refractivity contribution in [2.24, 2.45) is 0 Å². The van der Waals surface area contributed by atoms with E-state index in [1.807, 2.05) is 30.3 Å². The van der Waals surface area contributed by atoms with Crippen LogP contribution in [0, 0.1) is 13.8 Å². The summed E-state index contributed by atoms with van der Waals surface area (Å²) >= 11 is 0. The van der Waals surface area contributed by atoms with Crippen molar-refractivity contribution in [3.05, 3.63) is 34.9 Å². The fraction of sp³-hybridized carbons (Fsp3) is 0.538. The average Bonchev–Trinajstić information content (AvgIpc) is 2.84. The van der Waals surface area contributed by atoms with Crippen molar-refractivity contribution < 1.29 is 0 Å². The quantitative estimate of drug-likeness (QED) is 0.870. The third-order valence-corrected chi connectivity index (χ3v) is 3.02. The molecule has 2 aromatic heterocycles. The van der Waals surface area contributed by atoms with E-state index < -0.39 is 0 Å². The fourth-order valence-corrected chi connectivity index (χ4v) is 2.17. The lowest BCUT2D eigenvalue weighted by atomic mass is 10.3. The van der Waals surface area contributed by atoms with Gasteiger partial charge in [0.05, 0.1) is 23.6 Å². The zero-order chi connectivity index (χ0) is 13.1. The van der Waals surface area contributed by atoms with Crippen LogP contribution in [0.5, 0.6) is 0 Å². The minimum absolute atomic E-state index is 0.777. The molecule has 2 aromatic rings. The summed E-state index contributed by atoms with van der Waals surface area (Å²) in [7, 11) is 1.95. The van der Waals surface area contributed by atoms with Gasteiger partial charge in [-0.25, -0.2) is 0 Å². The lowest BCUT2D eigenvalue weighted by Gasteiger charge is -2.04. The van der Waals surface area contributed by atoms with Crippen molar-refractivity contribution in [1.29, 1.82) is 0 Å². The minimum Gasteiger partial charge on any atom is -0.316 e. The van der Waals surface area contributed by atoms with Gasteiger partial charge in [-0.3, -0.25) is 9.36 Å². The lowest BCUT2D eigenvalue weighted by Crippen LogP contribution is -2.08. The number of rotatable bonds is 5. The van der Waals surface area contributed by atoms with E-state index in [9.17, 15) is 0 Å². The molecular weight excluding hydrogens is 226 g/mol. The Kier molecular flexibility index (Phi) is 3.81. The first kappa shape index (κ1) is 12.8. The molecule has 1 N–H and O–H groups in total. The van der Waals surface area contributed by atoms with Crippen LogP contribution in [-0.2, 0) is 19.6 Å². The predicted molar refractivity (Wildman–Crippen MR) is 71.5 cm³/mol. The highest BCUT2D eigenvalue weighted by Gasteiger charge is 2.08. The maximum Gasteiger partial charge on any atom is 0.0828 e. The third-order valence-electron chi connectivity index (χ3n) is 3.02. The number of aromatic nitrogens is 4. The molecule has 0 aliphatic heterocycles. The smallest absolute Gasteiger partial charge is 0.0828 e. The van der Waals surface area contributed by atoms with Gasteiger partial charge in [0.25, 0.3) is 0 Å². The number of nitrogens with one attached hydrogen (secondary N) is 1. The maximum absolute atomic E-state index is 4.54. The van der Waals surface area contributed by atoms with E-state index in [0.717, 1.165) is 31.0 Å². The maximum atomic E-state index is 4.54. The number of hydrogen-bond donors (Lipinski definition) is 1. The van der Waals surface area contributed by atoms with Crippen molar-refractivity contribution in [1.82, 2.24) is 24.9 Å². The van der Waals surface area contributed by atoms with Crippen molar-refractivity contribution >= 4 is 0 Å². The van der Waals surface area contributed by atoms with Crippen molar-refractivity contribution in [3.63, 3.8) is 0 Å². The van der Waals surface area contributed by atoms with E-state index in [4.69, 9.17) is 0 Å². The Bertz CT molecular complexity index is 523. The summed E-state index contributed by atoms with van der Waals surface area (Å²) in [6, 6.07) is 2.12. The summed E-state index contributed by atoms with van der Waals surface area (Å²) in [6.07, 6.45) is 2.11. The zero-order valence-electron chi connectivity index (χ0n) is 11.6. The van der Waals surface area contributed by atoms with E-state index in [-0.39, 0.29) is 0 Å². The molecular formula is C13H21N5. The lowest BCUT2D eigenvalue weighted by molar-refractivity contribution is 0.573. The van der Waals surface area contributed by atoms with E-state index in [1.54, 1.807) is 0 Å². The van der Waals surface area contributed by atoms with Gasteiger partial charge in [-0.1, -0.05) is 0 Å². The Morgan fingerprint density at radius 2 is 2.06 bits per heavy atom. The highest BCUT2D eigenvalue weighted by Crippen LogP contribution is 2.09. The SMILES string of the molecule is CCn1nc(C)cc1Cn1cc(CNC)c(C)n1. The average molecular weight is 247 g/mol. The molecule has 0 saturated heterocycles. The molecule has 0 fully saturated rings. The summed E-state index contributed by atoms with van der Waals surface area (Å²) in [5.74, 6) is 0. The molecule has 0 radical (unpaired) electrons. The van der Waals surface area contributed by atoms with Crippen LogP contribution < -0.4 is 5.32 Å². The van der Waals surface area contributed by atoms with Crippen molar-refractivity contribution in [3.8, 4) is 0 Å². The summed E-state index contributed by atoms with van der Waals surface area (Å²) in [6.45, 7) is 8.71. The normalized spacial score (nSPS) is 11.1. The second-order valence-corrected chi connectivity index (χ2v) is 4.56. The second kappa shape index (κ2) is 5.35. The first-order valence-corrected chi connectivity index (χ1v) is 6.35. The van der Waals surface area contributed by atoms with E-state index >= 15 is 0 Å². The van der Waals surface area contributed by atoms with Gasteiger partial charge in [0, 0.05) is 24.8 Å². The summed E-state index contributed by atoms with van der Waals surface area (Å²) < 4.78 is 4.02. The van der Waals surface area contributed by atoms with Crippen LogP contribution in [-0.4, -0.2) is 26.6 Å². The third kappa shape index (κ3) is 2.61. The van der Waals surface area contributed by atoms with Crippen LogP contribution in [0.25, 0.3) is 0 Å². The Labute approximate surface area is 108 Å². The number of hydrogen-bond acceptors (Lipinski definition) is 3. The summed E-state index contributed by atoms with van der Waals surface area (Å²) in [4.78, 5) is 0. The van der Waals surface area contributed by atoms with Crippen molar-refractivity contribution in [2.45, 2.75) is 40.4 Å². The molecule has 0 aromatic carbocycles. The van der Waals surface area contributed by atoms with Gasteiger partial charge < -0.3 is 5.32 Å². The van der Waals surface area contributed by atoms with Crippen LogP contribution >= 0.6 is 0 Å². The van der Waals surface area contributed by atoms with Crippen molar-refractivity contribution in [2.75, 3.05) is 7.05 Å². The van der Waals surface area contributed by atoms with Crippen LogP contribution in [0.2, 0.25) is 0 Å². The highest BCUT2D eigenvalue weighted by molar-refractivity contribution is 5.16. The minimum atomic E-state index is 0.777. The predicted octanol–water partition coefficient (Wildman–Crippen LogP) is 1.48. The zero-order valence-corrected chi connectivity index (χ0v) is 11.6. The molecule has 0 bridgehead atoms. The first-order chi connectivity index (χ1) is 8.63. The van der Waals surface area contributed by atoms with E-state index in [1.165, 1.54) is 11.3 Å². The molecule has 0 spiro atoms. The molecule has 0 saturated carbocycles. The molecule has 0 unspecified atom stereocenters. The Balaban J connectivity index is 2.20. The van der Waals surface area contributed by atoms with Gasteiger partial charge in [0.1, 0.15) is 0 Å². The molecule has 2 heterocycles. The van der Waals surface area contributed by atoms with E-state index in [0.29, 0.717) is 0 Å². The standard InChI is InChI=1S/C13H21N5/c1-5-18-13(6-10(2)15-18)9-17-8-12(7-14-4)11(3)16-17/h6,8,14H,5,7,9H2,1-4H3. The van der Waals surface area contributed by atoms with Crippen LogP contribution in [0.3, 0.4) is 0 Å². The summed E-state index contributed by atoms with van der Waals surface area (Å²) in [5.41, 5.74) is 4.60. The van der Waals surface area contributed by atoms with Gasteiger partial charge in [-0.15, -0.1) is 0 Å².